The second-order valence-electron chi connectivity index (χ2n) is 5.01. The van der Waals surface area contributed by atoms with E-state index in [9.17, 15) is 18.0 Å². The fraction of sp³-hybridized carbons (Fsp3) is 0.500. The molecule has 0 saturated carbocycles. The van der Waals surface area contributed by atoms with Gasteiger partial charge < -0.3 is 0 Å². The van der Waals surface area contributed by atoms with Gasteiger partial charge in [0.05, 0.1) is 11.3 Å². The van der Waals surface area contributed by atoms with Gasteiger partial charge in [-0.3, -0.25) is 4.79 Å². The van der Waals surface area contributed by atoms with E-state index in [4.69, 9.17) is 11.6 Å². The predicted molar refractivity (Wildman–Crippen MR) is 69.4 cm³/mol. The molecule has 0 spiro atoms. The van der Waals surface area contributed by atoms with Crippen molar-refractivity contribution in [1.29, 1.82) is 0 Å². The second-order valence-corrected chi connectivity index (χ2v) is 5.38. The monoisotopic (exact) mass is 292 g/mol. The number of carbonyl (C=O) groups is 1. The van der Waals surface area contributed by atoms with E-state index in [0.29, 0.717) is 12.0 Å². The maximum Gasteiger partial charge on any atom is 0.397 e. The standard InChI is InChI=1S/C14H16ClF3O/c1-4-11(12(15)19)9-5-7-10(8-6-9)13(2,3)14(16,17)18/h5-8,11H,4H2,1-3H3/t11-/m0/s1. The Kier molecular flexibility index (Phi) is 4.67. The zero-order valence-electron chi connectivity index (χ0n) is 11.0. The highest BCUT2D eigenvalue weighted by Gasteiger charge is 2.48. The molecule has 0 aliphatic heterocycles. The highest BCUT2D eigenvalue weighted by atomic mass is 35.5. The van der Waals surface area contributed by atoms with Gasteiger partial charge in [0.1, 0.15) is 0 Å². The van der Waals surface area contributed by atoms with Crippen molar-refractivity contribution in [2.45, 2.75) is 44.7 Å². The van der Waals surface area contributed by atoms with Gasteiger partial charge in [-0.1, -0.05) is 31.2 Å². The summed E-state index contributed by atoms with van der Waals surface area (Å²) in [5.74, 6) is -0.468. The Bertz CT molecular complexity index is 449. The zero-order valence-corrected chi connectivity index (χ0v) is 11.8. The van der Waals surface area contributed by atoms with Crippen LogP contribution in [0.2, 0.25) is 0 Å². The van der Waals surface area contributed by atoms with Crippen LogP contribution in [0, 0.1) is 0 Å². The summed E-state index contributed by atoms with van der Waals surface area (Å²) in [6, 6.07) is 5.89. The Morgan fingerprint density at radius 1 is 1.21 bits per heavy atom. The van der Waals surface area contributed by atoms with Crippen molar-refractivity contribution in [2.75, 3.05) is 0 Å². The Labute approximate surface area is 115 Å². The van der Waals surface area contributed by atoms with Gasteiger partial charge in [-0.25, -0.2) is 0 Å². The summed E-state index contributed by atoms with van der Waals surface area (Å²) in [6.45, 7) is 4.07. The summed E-state index contributed by atoms with van der Waals surface area (Å²) >= 11 is 5.46. The lowest BCUT2D eigenvalue weighted by Crippen LogP contribution is -2.36. The number of halogens is 4. The van der Waals surface area contributed by atoms with Crippen molar-refractivity contribution >= 4 is 16.8 Å². The molecule has 5 heteroatoms. The van der Waals surface area contributed by atoms with Gasteiger partial charge in [0.2, 0.25) is 5.24 Å². The van der Waals surface area contributed by atoms with Gasteiger partial charge in [0, 0.05) is 0 Å². The van der Waals surface area contributed by atoms with Crippen LogP contribution in [0.25, 0.3) is 0 Å². The third kappa shape index (κ3) is 3.30. The Balaban J connectivity index is 3.10. The molecule has 0 aliphatic carbocycles. The van der Waals surface area contributed by atoms with Crippen molar-refractivity contribution in [3.8, 4) is 0 Å². The maximum absolute atomic E-state index is 12.9. The van der Waals surface area contributed by atoms with Crippen LogP contribution in [-0.4, -0.2) is 11.4 Å². The van der Waals surface area contributed by atoms with E-state index in [2.05, 4.69) is 0 Å². The fourth-order valence-electron chi connectivity index (χ4n) is 1.82. The molecule has 0 bridgehead atoms. The lowest BCUT2D eigenvalue weighted by Gasteiger charge is -2.28. The summed E-state index contributed by atoms with van der Waals surface area (Å²) in [7, 11) is 0. The molecule has 0 fully saturated rings. The van der Waals surface area contributed by atoms with Gasteiger partial charge in [-0.05, 0) is 43.0 Å². The number of hydrogen-bond acceptors (Lipinski definition) is 1. The van der Waals surface area contributed by atoms with E-state index in [1.807, 2.05) is 0 Å². The third-order valence-electron chi connectivity index (χ3n) is 3.43. The molecule has 0 heterocycles. The summed E-state index contributed by atoms with van der Waals surface area (Å²) in [4.78, 5) is 11.2. The SMILES string of the molecule is CC[C@H](C(=O)Cl)c1ccc(C(C)(C)C(F)(F)F)cc1. The van der Waals surface area contributed by atoms with E-state index >= 15 is 0 Å². The lowest BCUT2D eigenvalue weighted by atomic mass is 9.83. The van der Waals surface area contributed by atoms with Crippen molar-refractivity contribution < 1.29 is 18.0 Å². The average Bonchev–Trinajstić information content (AvgIpc) is 2.28. The zero-order chi connectivity index (χ0) is 14.8. The van der Waals surface area contributed by atoms with Gasteiger partial charge in [-0.15, -0.1) is 0 Å². The molecule has 1 atom stereocenters. The summed E-state index contributed by atoms with van der Waals surface area (Å²) in [5, 5.41) is -0.495. The Morgan fingerprint density at radius 3 is 2.00 bits per heavy atom. The molecule has 0 saturated heterocycles. The van der Waals surface area contributed by atoms with Crippen molar-refractivity contribution in [1.82, 2.24) is 0 Å². The highest BCUT2D eigenvalue weighted by Crippen LogP contribution is 2.40. The quantitative estimate of drug-likeness (QED) is 0.730. The van der Waals surface area contributed by atoms with Crippen LogP contribution in [0.5, 0.6) is 0 Å². The predicted octanol–water partition coefficient (Wildman–Crippen LogP) is 4.79. The van der Waals surface area contributed by atoms with Crippen LogP contribution >= 0.6 is 11.6 Å². The molecule has 0 N–H and O–H groups in total. The van der Waals surface area contributed by atoms with Crippen LogP contribution < -0.4 is 0 Å². The average molecular weight is 293 g/mol. The minimum Gasteiger partial charge on any atom is -0.281 e. The van der Waals surface area contributed by atoms with Gasteiger partial charge >= 0.3 is 6.18 Å². The van der Waals surface area contributed by atoms with Gasteiger partial charge in [0.15, 0.2) is 0 Å². The topological polar surface area (TPSA) is 17.1 Å². The molecule has 106 valence electrons. The van der Waals surface area contributed by atoms with Crippen LogP contribution in [0.3, 0.4) is 0 Å². The fourth-order valence-corrected chi connectivity index (χ4v) is 2.10. The third-order valence-corrected chi connectivity index (χ3v) is 3.69. The van der Waals surface area contributed by atoms with Crippen molar-refractivity contribution in [3.63, 3.8) is 0 Å². The molecule has 1 aromatic carbocycles. The van der Waals surface area contributed by atoms with Crippen LogP contribution in [-0.2, 0) is 10.2 Å². The van der Waals surface area contributed by atoms with E-state index < -0.39 is 22.8 Å². The highest BCUT2D eigenvalue weighted by molar-refractivity contribution is 6.64. The normalized spacial score (nSPS) is 14.3. The van der Waals surface area contributed by atoms with Gasteiger partial charge in [0.25, 0.3) is 0 Å². The van der Waals surface area contributed by atoms with Crippen molar-refractivity contribution in [3.05, 3.63) is 35.4 Å². The minimum atomic E-state index is -4.32. The number of benzene rings is 1. The molecule has 1 rings (SSSR count). The first kappa shape index (κ1) is 16.0. The molecular weight excluding hydrogens is 277 g/mol. The molecule has 0 aromatic heterocycles. The van der Waals surface area contributed by atoms with E-state index in [-0.39, 0.29) is 5.56 Å². The maximum atomic E-state index is 12.9. The first-order chi connectivity index (χ1) is 8.61. The molecule has 0 radical (unpaired) electrons. The van der Waals surface area contributed by atoms with E-state index in [1.165, 1.54) is 24.3 Å². The van der Waals surface area contributed by atoms with Gasteiger partial charge in [-0.2, -0.15) is 13.2 Å². The van der Waals surface area contributed by atoms with E-state index in [0.717, 1.165) is 13.8 Å². The summed E-state index contributed by atoms with van der Waals surface area (Å²) in [6.07, 6.45) is -3.80. The molecule has 0 aliphatic rings. The molecule has 19 heavy (non-hydrogen) atoms. The number of hydrogen-bond donors (Lipinski definition) is 0. The van der Waals surface area contributed by atoms with Crippen LogP contribution in [0.15, 0.2) is 24.3 Å². The van der Waals surface area contributed by atoms with Crippen molar-refractivity contribution in [2.24, 2.45) is 0 Å². The van der Waals surface area contributed by atoms with Crippen LogP contribution in [0.1, 0.15) is 44.2 Å². The molecule has 1 aromatic rings. The van der Waals surface area contributed by atoms with E-state index in [1.54, 1.807) is 6.92 Å². The second kappa shape index (κ2) is 5.53. The first-order valence-corrected chi connectivity index (χ1v) is 6.35. The summed E-state index contributed by atoms with van der Waals surface area (Å²) in [5.41, 5.74) is -1.11. The first-order valence-electron chi connectivity index (χ1n) is 5.97. The molecule has 1 nitrogen and oxygen atoms in total. The van der Waals surface area contributed by atoms with Crippen LogP contribution in [0.4, 0.5) is 13.2 Å². The molecular formula is C14H16ClF3O. The molecule has 0 unspecified atom stereocenters. The lowest BCUT2D eigenvalue weighted by molar-refractivity contribution is -0.180. The smallest absolute Gasteiger partial charge is 0.281 e. The Hall–Kier alpha value is -1.03. The number of rotatable bonds is 4. The minimum absolute atomic E-state index is 0.167. The number of carbonyl (C=O) groups excluding carboxylic acids is 1. The summed E-state index contributed by atoms with van der Waals surface area (Å²) < 4.78 is 38.7. The Morgan fingerprint density at radius 2 is 1.68 bits per heavy atom. The largest absolute Gasteiger partial charge is 0.397 e. The number of alkyl halides is 3. The molecule has 0 amide bonds.